The number of nitrogens with zero attached hydrogens (tertiary/aromatic N) is 2. The molecule has 3 fully saturated rings. The van der Waals surface area contributed by atoms with Crippen LogP contribution in [0.1, 0.15) is 127 Å². The van der Waals surface area contributed by atoms with Crippen molar-refractivity contribution in [1.82, 2.24) is 25.8 Å². The summed E-state index contributed by atoms with van der Waals surface area (Å²) in [5.41, 5.74) is -4.30. The van der Waals surface area contributed by atoms with Crippen molar-refractivity contribution in [2.75, 3.05) is 92.4 Å². The molecule has 3 rings (SSSR count). The summed E-state index contributed by atoms with van der Waals surface area (Å²) in [5.74, 6) is -1.05. The molecule has 0 aromatic carbocycles. The number of urea groups is 1. The van der Waals surface area contributed by atoms with Gasteiger partial charge in [-0.3, -0.25) is 14.5 Å². The number of hydrogen-bond acceptors (Lipinski definition) is 14. The monoisotopic (exact) mass is 1060 g/mol. The van der Waals surface area contributed by atoms with Gasteiger partial charge in [0.2, 0.25) is 0 Å². The van der Waals surface area contributed by atoms with E-state index in [1.807, 2.05) is 27.7 Å². The Labute approximate surface area is 447 Å². The van der Waals surface area contributed by atoms with Gasteiger partial charge in [-0.2, -0.15) is 0 Å². The van der Waals surface area contributed by atoms with Crippen LogP contribution in [-0.4, -0.2) is 161 Å². The van der Waals surface area contributed by atoms with Crippen molar-refractivity contribution in [1.29, 1.82) is 0 Å². The van der Waals surface area contributed by atoms with E-state index < -0.39 is 63.6 Å². The number of alkyl carbamates (subject to hydrolysis) is 3. The number of nitrogens with one attached hydrogen (secondary N) is 3. The molecule has 6 amide bonds. The van der Waals surface area contributed by atoms with Gasteiger partial charge in [-0.1, -0.05) is 65.8 Å². The molecule has 1 aliphatic heterocycles. The van der Waals surface area contributed by atoms with Crippen molar-refractivity contribution in [3.8, 4) is 0 Å². The average molecular weight is 1060 g/mol. The summed E-state index contributed by atoms with van der Waals surface area (Å²) in [6, 6.07) is -0.966. The van der Waals surface area contributed by atoms with Crippen LogP contribution in [0.3, 0.4) is 0 Å². The molecule has 19 heteroatoms. The minimum Gasteiger partial charge on any atom is -0.464 e. The molecule has 0 aromatic heterocycles. The number of imide groups is 1. The topological polar surface area (TPSA) is 219 Å². The first-order chi connectivity index (χ1) is 35.2. The zero-order valence-corrected chi connectivity index (χ0v) is 47.2. The molecule has 1 saturated heterocycles. The first-order valence-electron chi connectivity index (χ1n) is 26.6. The van der Waals surface area contributed by atoms with Crippen molar-refractivity contribution >= 4 is 36.2 Å². The smallest absolute Gasteiger partial charge is 0.407 e. The number of rotatable bonds is 33. The second-order valence-electron chi connectivity index (χ2n) is 23.7. The fourth-order valence-corrected chi connectivity index (χ4v) is 11.4. The summed E-state index contributed by atoms with van der Waals surface area (Å²) < 4.78 is 45.8. The third-order valence-corrected chi connectivity index (χ3v) is 14.5. The molecule has 0 spiro atoms. The molecule has 3 N–H and O–H groups in total. The minimum absolute atomic E-state index is 0.0372. The first kappa shape index (κ1) is 64.3. The van der Waals surface area contributed by atoms with Gasteiger partial charge >= 0.3 is 30.3 Å². The molecule has 19 nitrogen and oxygen atoms in total. The number of ether oxygens (including phenoxy) is 8. The van der Waals surface area contributed by atoms with Gasteiger partial charge in [-0.15, -0.1) is 26.3 Å². The molecule has 3 aliphatic rings. The maximum Gasteiger partial charge on any atom is 0.407 e. The van der Waals surface area contributed by atoms with E-state index >= 15 is 0 Å². The molecule has 0 radical (unpaired) electrons. The van der Waals surface area contributed by atoms with Crippen LogP contribution in [0.4, 0.5) is 19.2 Å². The van der Waals surface area contributed by atoms with Crippen molar-refractivity contribution in [2.24, 2.45) is 27.6 Å². The van der Waals surface area contributed by atoms with E-state index in [2.05, 4.69) is 70.0 Å². The second kappa shape index (κ2) is 29.0. The van der Waals surface area contributed by atoms with Crippen LogP contribution >= 0.6 is 0 Å². The molecule has 2 saturated carbocycles. The average Bonchev–Trinajstić information content (AvgIpc) is 3.46. The predicted octanol–water partition coefficient (Wildman–Crippen LogP) is 8.67. The van der Waals surface area contributed by atoms with Crippen molar-refractivity contribution in [3.63, 3.8) is 0 Å². The van der Waals surface area contributed by atoms with Gasteiger partial charge in [0.05, 0.1) is 76.8 Å². The van der Waals surface area contributed by atoms with Gasteiger partial charge in [0.15, 0.2) is 0 Å². The Kier molecular flexibility index (Phi) is 24.8. The molecular weight excluding hydrogens is 967 g/mol. The summed E-state index contributed by atoms with van der Waals surface area (Å²) in [6.45, 7) is 36.4. The van der Waals surface area contributed by atoms with E-state index in [4.69, 9.17) is 37.9 Å². The van der Waals surface area contributed by atoms with E-state index in [0.29, 0.717) is 97.8 Å². The summed E-state index contributed by atoms with van der Waals surface area (Å²) in [6.07, 6.45) is 9.65. The third kappa shape index (κ3) is 20.5. The molecular formula is C56H93N5O14. The van der Waals surface area contributed by atoms with E-state index in [1.165, 1.54) is 4.90 Å². The molecule has 2 aliphatic carbocycles. The summed E-state index contributed by atoms with van der Waals surface area (Å²) in [5, 5.41) is 9.06. The first-order valence-corrected chi connectivity index (χ1v) is 26.6. The van der Waals surface area contributed by atoms with Gasteiger partial charge in [-0.05, 0) is 95.8 Å². The fraction of sp³-hybridized carbons (Fsp3) is 0.750. The largest absolute Gasteiger partial charge is 0.464 e. The fourth-order valence-electron chi connectivity index (χ4n) is 11.4. The number of carbonyl (C=O) groups is 6. The van der Waals surface area contributed by atoms with Gasteiger partial charge in [0.1, 0.15) is 32.0 Å². The predicted molar refractivity (Wildman–Crippen MR) is 286 cm³/mol. The van der Waals surface area contributed by atoms with Gasteiger partial charge < -0.3 is 58.7 Å². The Morgan fingerprint density at radius 3 is 1.48 bits per heavy atom. The van der Waals surface area contributed by atoms with Crippen LogP contribution in [0.2, 0.25) is 0 Å². The standard InChI is InChI=1S/C56H93N5O14/c1-15-23-68-36-55(19-5,37-69-24-16-2)40-74-47(65)58-53(13)31-42(30-50(7,8)34-53)29-44(62)72-28-22-61-49(67)60(45(63)52(61,11)12)21-27-73-46(64)57-43-32-51(9,10)35-54(14,33-43)59-48(66)75-41-56(20-6,38-70-25-17-3)39-71-26-18-4/h15-18,42-43H,1-4,19-41H2,5-14H3,(H,57,64)(H,58,65)(H,59,66). The molecule has 426 valence electrons. The zero-order chi connectivity index (χ0) is 56.1. The van der Waals surface area contributed by atoms with E-state index in [9.17, 15) is 28.8 Å². The second-order valence-corrected chi connectivity index (χ2v) is 23.7. The zero-order valence-electron chi connectivity index (χ0n) is 47.2. The van der Waals surface area contributed by atoms with Crippen molar-refractivity contribution < 1.29 is 66.7 Å². The molecule has 75 heavy (non-hydrogen) atoms. The highest BCUT2D eigenvalue weighted by molar-refractivity contribution is 6.06. The Balaban J connectivity index is 1.51. The van der Waals surface area contributed by atoms with Crippen LogP contribution in [-0.2, 0) is 47.5 Å². The maximum absolute atomic E-state index is 13.7. The molecule has 4 atom stereocenters. The highest BCUT2D eigenvalue weighted by Crippen LogP contribution is 2.45. The summed E-state index contributed by atoms with van der Waals surface area (Å²) in [7, 11) is 0. The van der Waals surface area contributed by atoms with E-state index in [-0.39, 0.29) is 68.7 Å². The summed E-state index contributed by atoms with van der Waals surface area (Å²) >= 11 is 0. The quantitative estimate of drug-likeness (QED) is 0.0184. The SMILES string of the molecule is C=CCOCC(CC)(COCC=C)COC(=O)NC1(C)CC(CC(=O)OCCN2C(=O)N(CCOC(=O)NC3CC(C)(C)CC(C)(NC(=O)OCC(CC)(COCC=C)COCC=C)C3)C(=O)C2(C)C)CC(C)(C)C1. The van der Waals surface area contributed by atoms with Crippen molar-refractivity contribution in [2.45, 2.75) is 150 Å². The number of hydrogen-bond donors (Lipinski definition) is 3. The van der Waals surface area contributed by atoms with Gasteiger partial charge in [-0.25, -0.2) is 19.2 Å². The molecule has 0 aromatic rings. The lowest BCUT2D eigenvalue weighted by Crippen LogP contribution is -2.57. The highest BCUT2D eigenvalue weighted by Gasteiger charge is 2.51. The lowest BCUT2D eigenvalue weighted by atomic mass is 9.64. The number of amides is 6. The van der Waals surface area contributed by atoms with Crippen LogP contribution in [0.15, 0.2) is 50.6 Å². The van der Waals surface area contributed by atoms with Gasteiger partial charge in [0.25, 0.3) is 5.91 Å². The number of esters is 1. The van der Waals surface area contributed by atoms with E-state index in [1.54, 1.807) is 38.2 Å². The minimum atomic E-state index is -1.25. The Morgan fingerprint density at radius 2 is 1.03 bits per heavy atom. The molecule has 0 bridgehead atoms. The van der Waals surface area contributed by atoms with Gasteiger partial charge in [0, 0.05) is 23.5 Å². The van der Waals surface area contributed by atoms with Crippen LogP contribution < -0.4 is 16.0 Å². The third-order valence-electron chi connectivity index (χ3n) is 14.5. The van der Waals surface area contributed by atoms with Crippen LogP contribution in [0, 0.1) is 27.6 Å². The van der Waals surface area contributed by atoms with Crippen LogP contribution in [0.5, 0.6) is 0 Å². The highest BCUT2D eigenvalue weighted by atomic mass is 16.6. The summed E-state index contributed by atoms with van der Waals surface area (Å²) in [4.78, 5) is 82.8. The Bertz CT molecular complexity index is 1930. The number of carbonyl (C=O) groups excluding carboxylic acids is 6. The normalized spacial score (nSPS) is 23.1. The van der Waals surface area contributed by atoms with E-state index in [0.717, 1.165) is 11.3 Å². The Hall–Kier alpha value is -4.98. The lowest BCUT2D eigenvalue weighted by molar-refractivity contribution is -0.146. The molecule has 4 unspecified atom stereocenters. The Morgan fingerprint density at radius 1 is 0.587 bits per heavy atom. The van der Waals surface area contributed by atoms with Crippen molar-refractivity contribution in [3.05, 3.63) is 50.6 Å². The maximum atomic E-state index is 13.7. The molecule has 1 heterocycles. The lowest BCUT2D eigenvalue weighted by Gasteiger charge is -2.46. The van der Waals surface area contributed by atoms with Crippen LogP contribution in [0.25, 0.3) is 0 Å².